The van der Waals surface area contributed by atoms with Crippen LogP contribution in [0.1, 0.15) is 6.42 Å². The Bertz CT molecular complexity index is 637. The molecule has 1 aliphatic rings. The fourth-order valence-corrected chi connectivity index (χ4v) is 3.23. The zero-order chi connectivity index (χ0) is 13.5. The van der Waals surface area contributed by atoms with Gasteiger partial charge in [0.1, 0.15) is 22.5 Å². The Morgan fingerprint density at radius 2 is 2.32 bits per heavy atom. The molecule has 8 heteroatoms. The Hall–Kier alpha value is -1.51. The molecule has 0 radical (unpaired) electrons. The normalized spacial score (nSPS) is 22.8. The average Bonchev–Trinajstić information content (AvgIpc) is 2.94. The van der Waals surface area contributed by atoms with Crippen LogP contribution in [0.15, 0.2) is 24.5 Å². The maximum Gasteiger partial charge on any atom is 0.157 e. The number of aromatic nitrogens is 3. The first-order valence-electron chi connectivity index (χ1n) is 6.04. The Morgan fingerprint density at radius 1 is 1.47 bits per heavy atom. The van der Waals surface area contributed by atoms with Gasteiger partial charge in [0, 0.05) is 25.4 Å². The number of anilines is 1. The van der Waals surface area contributed by atoms with Crippen LogP contribution in [0.25, 0.3) is 5.65 Å². The molecule has 3 heterocycles. The maximum absolute atomic E-state index is 11.2. The van der Waals surface area contributed by atoms with Crippen molar-refractivity contribution < 1.29 is 8.76 Å². The summed E-state index contributed by atoms with van der Waals surface area (Å²) in [5.41, 5.74) is 0.789. The zero-order valence-electron chi connectivity index (χ0n) is 10.5. The fourth-order valence-electron chi connectivity index (χ4n) is 2.43. The lowest BCUT2D eigenvalue weighted by atomic mass is 10.3. The lowest BCUT2D eigenvalue weighted by Crippen LogP contribution is -2.40. The lowest BCUT2D eigenvalue weighted by molar-refractivity contribution is 0.460. The maximum atomic E-state index is 11.2. The van der Waals surface area contributed by atoms with Crippen LogP contribution in [0, 0.1) is 0 Å². The van der Waals surface area contributed by atoms with Crippen molar-refractivity contribution in [3.8, 4) is 0 Å². The highest BCUT2D eigenvalue weighted by atomic mass is 32.3. The van der Waals surface area contributed by atoms with Gasteiger partial charge in [-0.1, -0.05) is 4.21 Å². The third-order valence-corrected chi connectivity index (χ3v) is 3.92. The number of nitrogens with zero attached hydrogens (tertiary/aromatic N) is 4. The number of fused-ring (bicyclic) bond motifs is 1. The Balaban J connectivity index is 1.81. The first-order valence-corrected chi connectivity index (χ1v) is 7.93. The molecule has 2 unspecified atom stereocenters. The van der Waals surface area contributed by atoms with Gasteiger partial charge >= 0.3 is 0 Å². The largest absolute Gasteiger partial charge is 0.598 e. The third-order valence-electron chi connectivity index (χ3n) is 3.16. The predicted octanol–water partition coefficient (Wildman–Crippen LogP) is 0.0723. The summed E-state index contributed by atoms with van der Waals surface area (Å²) >= 11 is 0. The van der Waals surface area contributed by atoms with Crippen molar-refractivity contribution in [2.75, 3.05) is 24.2 Å². The van der Waals surface area contributed by atoms with Crippen LogP contribution in [0.5, 0.6) is 0 Å². The summed E-state index contributed by atoms with van der Waals surface area (Å²) in [6, 6.07) is 3.68. The molecule has 0 bridgehead atoms. The molecule has 0 spiro atoms. The summed E-state index contributed by atoms with van der Waals surface area (Å²) in [6.07, 6.45) is 5.42. The third kappa shape index (κ3) is 2.60. The van der Waals surface area contributed by atoms with Crippen molar-refractivity contribution in [1.29, 1.82) is 0 Å². The second kappa shape index (κ2) is 4.55. The molecular formula is C11H15N5O2S. The van der Waals surface area contributed by atoms with Crippen molar-refractivity contribution in [1.82, 2.24) is 19.3 Å². The summed E-state index contributed by atoms with van der Waals surface area (Å²) in [6.45, 7) is 1.44. The van der Waals surface area contributed by atoms with Crippen LogP contribution in [-0.2, 0) is 14.6 Å². The van der Waals surface area contributed by atoms with Crippen molar-refractivity contribution >= 4 is 21.9 Å². The van der Waals surface area contributed by atoms with Crippen LogP contribution in [0.2, 0.25) is 0 Å². The molecule has 2 aromatic heterocycles. The molecule has 19 heavy (non-hydrogen) atoms. The van der Waals surface area contributed by atoms with E-state index in [9.17, 15) is 8.76 Å². The van der Waals surface area contributed by atoms with E-state index in [0.717, 1.165) is 24.4 Å². The van der Waals surface area contributed by atoms with E-state index in [2.05, 4.69) is 19.7 Å². The monoisotopic (exact) mass is 281 g/mol. The Labute approximate surface area is 112 Å². The van der Waals surface area contributed by atoms with Crippen molar-refractivity contribution in [2.24, 2.45) is 0 Å². The SMILES string of the molecule is C[S+](=O)([O-])NC1CCN(c2ccnc3ccnn23)C1. The van der Waals surface area contributed by atoms with E-state index in [1.165, 1.54) is 6.26 Å². The molecule has 1 fully saturated rings. The fraction of sp³-hybridized carbons (Fsp3) is 0.455. The standard InChI is InChI=1S/C11H15N5O2S/c1-19(17,18)14-9-4-7-15(8-9)11-3-5-12-10-2-6-13-16(10)11/h2-3,5-6,9H,4,7-8H2,1H3,(H-,14,17,18). The first-order chi connectivity index (χ1) is 9.03. The Kier molecular flexibility index (Phi) is 3.00. The van der Waals surface area contributed by atoms with Crippen LogP contribution >= 0.6 is 0 Å². The van der Waals surface area contributed by atoms with Gasteiger partial charge in [0.15, 0.2) is 5.65 Å². The zero-order valence-corrected chi connectivity index (χ0v) is 11.3. The Morgan fingerprint density at radius 3 is 3.11 bits per heavy atom. The minimum Gasteiger partial charge on any atom is -0.598 e. The lowest BCUT2D eigenvalue weighted by Gasteiger charge is -2.20. The molecule has 1 saturated heterocycles. The van der Waals surface area contributed by atoms with Gasteiger partial charge in [0.2, 0.25) is 0 Å². The van der Waals surface area contributed by atoms with E-state index < -0.39 is 10.4 Å². The quantitative estimate of drug-likeness (QED) is 0.805. The topological polar surface area (TPSA) is 85.6 Å². The average molecular weight is 281 g/mol. The minimum absolute atomic E-state index is 0.0474. The highest BCUT2D eigenvalue weighted by Crippen LogP contribution is 2.20. The van der Waals surface area contributed by atoms with Crippen LogP contribution in [0.3, 0.4) is 0 Å². The highest BCUT2D eigenvalue weighted by Gasteiger charge is 2.28. The number of nitrogens with one attached hydrogen (secondary N) is 1. The second-order valence-electron chi connectivity index (χ2n) is 4.73. The van der Waals surface area contributed by atoms with Crippen LogP contribution in [-0.4, -0.2) is 44.5 Å². The molecule has 0 aromatic carbocycles. The van der Waals surface area contributed by atoms with Gasteiger partial charge in [0.25, 0.3) is 0 Å². The van der Waals surface area contributed by atoms with Crippen molar-refractivity contribution in [2.45, 2.75) is 12.5 Å². The molecular weight excluding hydrogens is 266 g/mol. The highest BCUT2D eigenvalue weighted by molar-refractivity contribution is 7.95. The smallest absolute Gasteiger partial charge is 0.157 e. The molecule has 3 rings (SSSR count). The molecule has 7 nitrogen and oxygen atoms in total. The number of hydrogen-bond donors (Lipinski definition) is 1. The molecule has 1 aliphatic heterocycles. The van der Waals surface area contributed by atoms with Gasteiger partial charge in [-0.2, -0.15) is 9.61 Å². The number of hydrogen-bond acceptors (Lipinski definition) is 5. The number of rotatable bonds is 3. The van der Waals surface area contributed by atoms with E-state index in [1.807, 2.05) is 12.1 Å². The summed E-state index contributed by atoms with van der Waals surface area (Å²) in [4.78, 5) is 6.33. The van der Waals surface area contributed by atoms with E-state index in [0.29, 0.717) is 6.54 Å². The van der Waals surface area contributed by atoms with Gasteiger partial charge in [-0.3, -0.25) is 0 Å². The molecule has 2 atom stereocenters. The first kappa shape index (κ1) is 12.5. The number of sulfonamides is 1. The van der Waals surface area contributed by atoms with Crippen molar-refractivity contribution in [3.63, 3.8) is 0 Å². The summed E-state index contributed by atoms with van der Waals surface area (Å²) in [5, 5.41) is 4.24. The second-order valence-corrected chi connectivity index (χ2v) is 6.51. The van der Waals surface area contributed by atoms with E-state index in [4.69, 9.17) is 0 Å². The van der Waals surface area contributed by atoms with Gasteiger partial charge in [0.05, 0.1) is 12.2 Å². The van der Waals surface area contributed by atoms with Gasteiger partial charge < -0.3 is 9.45 Å². The molecule has 1 N–H and O–H groups in total. The van der Waals surface area contributed by atoms with E-state index in [-0.39, 0.29) is 6.04 Å². The van der Waals surface area contributed by atoms with Crippen molar-refractivity contribution in [3.05, 3.63) is 24.5 Å². The van der Waals surface area contributed by atoms with Crippen LogP contribution < -0.4 is 9.62 Å². The summed E-state index contributed by atoms with van der Waals surface area (Å²) < 4.78 is 26.9. The van der Waals surface area contributed by atoms with E-state index in [1.54, 1.807) is 16.9 Å². The summed E-state index contributed by atoms with van der Waals surface area (Å²) in [7, 11) is -3.16. The predicted molar refractivity (Wildman–Crippen MR) is 71.5 cm³/mol. The molecule has 0 aliphatic carbocycles. The van der Waals surface area contributed by atoms with Gasteiger partial charge in [-0.05, 0) is 12.5 Å². The van der Waals surface area contributed by atoms with Crippen LogP contribution in [0.4, 0.5) is 5.82 Å². The molecule has 102 valence electrons. The molecule has 0 saturated carbocycles. The van der Waals surface area contributed by atoms with Gasteiger partial charge in [-0.25, -0.2) is 4.98 Å². The van der Waals surface area contributed by atoms with E-state index >= 15 is 0 Å². The molecule has 2 aromatic rings. The summed E-state index contributed by atoms with van der Waals surface area (Å²) in [5.74, 6) is 0.938. The molecule has 0 amide bonds. The van der Waals surface area contributed by atoms with Gasteiger partial charge in [-0.15, -0.1) is 4.72 Å². The minimum atomic E-state index is -3.16.